The molecule has 2 atom stereocenters. The molecule has 4 aromatic rings. The van der Waals surface area contributed by atoms with Crippen LogP contribution in [-0.2, 0) is 9.59 Å². The Bertz CT molecular complexity index is 1540. The third-order valence-electron chi connectivity index (χ3n) is 6.85. The van der Waals surface area contributed by atoms with Gasteiger partial charge in [0.2, 0.25) is 0 Å². The average Bonchev–Trinajstić information content (AvgIpc) is 2.99. The molecule has 0 bridgehead atoms. The maximum Gasteiger partial charge on any atom is 0.317 e. The molecule has 0 aliphatic rings. The highest BCUT2D eigenvalue weighted by molar-refractivity contribution is 5.70. The van der Waals surface area contributed by atoms with Gasteiger partial charge in [0.25, 0.3) is 0 Å². The first-order chi connectivity index (χ1) is 20.7. The number of nitrogens with zero attached hydrogens (tertiary/aromatic N) is 4. The van der Waals surface area contributed by atoms with E-state index in [9.17, 15) is 35.1 Å². The summed E-state index contributed by atoms with van der Waals surface area (Å²) >= 11 is 0. The number of hydrogen-bond donors (Lipinski definition) is 5. The molecule has 0 amide bonds. The summed E-state index contributed by atoms with van der Waals surface area (Å²) in [4.78, 5) is 36.2. The van der Waals surface area contributed by atoms with Crippen LogP contribution in [0.5, 0.6) is 23.0 Å². The van der Waals surface area contributed by atoms with E-state index in [0.717, 1.165) is 0 Å². The number of carboxylic acids is 2. The highest BCUT2D eigenvalue weighted by atomic mass is 16.5. The van der Waals surface area contributed by atoms with Gasteiger partial charge < -0.3 is 30.3 Å². The number of ether oxygens (including phenoxy) is 1. The van der Waals surface area contributed by atoms with Crippen LogP contribution in [0, 0.1) is 0 Å². The van der Waals surface area contributed by atoms with Gasteiger partial charge in [-0.05, 0) is 60.7 Å². The number of phenols is 3. The molecule has 0 fully saturated rings. The quantitative estimate of drug-likeness (QED) is 0.136. The Labute approximate surface area is 247 Å². The first-order valence-electron chi connectivity index (χ1n) is 13.3. The number of pyridine rings is 2. The number of aromatic nitrogens is 2. The molecule has 0 saturated carbocycles. The molecule has 2 aromatic carbocycles. The number of benzene rings is 2. The molecule has 12 nitrogen and oxygen atoms in total. The second-order valence-electron chi connectivity index (χ2n) is 9.71. The van der Waals surface area contributed by atoms with Gasteiger partial charge >= 0.3 is 11.9 Å². The zero-order valence-electron chi connectivity index (χ0n) is 23.3. The molecule has 43 heavy (non-hydrogen) atoms. The number of aromatic hydroxyl groups is 3. The van der Waals surface area contributed by atoms with E-state index in [0.29, 0.717) is 22.7 Å². The minimum atomic E-state index is -1.17. The zero-order chi connectivity index (χ0) is 30.9. The molecular weight excluding hydrogens is 556 g/mol. The Balaban J connectivity index is 1.80. The predicted molar refractivity (Wildman–Crippen MR) is 155 cm³/mol. The molecule has 0 aliphatic heterocycles. The van der Waals surface area contributed by atoms with Gasteiger partial charge in [-0.25, -0.2) is 0 Å². The Hall–Kier alpha value is -5.20. The largest absolute Gasteiger partial charge is 0.508 e. The fourth-order valence-electron chi connectivity index (χ4n) is 5.00. The molecule has 1 unspecified atom stereocenters. The van der Waals surface area contributed by atoms with Gasteiger partial charge in [-0.15, -0.1) is 0 Å². The zero-order valence-corrected chi connectivity index (χ0v) is 23.3. The minimum absolute atomic E-state index is 0.0135. The summed E-state index contributed by atoms with van der Waals surface area (Å²) in [7, 11) is 1.47. The van der Waals surface area contributed by atoms with Crippen molar-refractivity contribution >= 4 is 11.9 Å². The molecule has 224 valence electrons. The van der Waals surface area contributed by atoms with Crippen molar-refractivity contribution in [2.45, 2.75) is 12.1 Å². The Kier molecular flexibility index (Phi) is 10.1. The fraction of sp³-hybridized carbons (Fsp3) is 0.226. The van der Waals surface area contributed by atoms with Crippen LogP contribution in [0.3, 0.4) is 0 Å². The first kappa shape index (κ1) is 30.8. The number of carbonyl (C=O) groups is 2. The van der Waals surface area contributed by atoms with E-state index in [-0.39, 0.29) is 35.9 Å². The van der Waals surface area contributed by atoms with E-state index >= 15 is 0 Å². The summed E-state index contributed by atoms with van der Waals surface area (Å²) in [5.74, 6) is -2.31. The van der Waals surface area contributed by atoms with E-state index in [1.165, 1.54) is 42.5 Å². The maximum atomic E-state index is 12.1. The molecular formula is C31H32N4O8. The molecule has 12 heteroatoms. The lowest BCUT2D eigenvalue weighted by atomic mass is 9.98. The summed E-state index contributed by atoms with van der Waals surface area (Å²) in [5.41, 5.74) is 1.41. The van der Waals surface area contributed by atoms with Gasteiger partial charge in [0.05, 0.1) is 43.7 Å². The molecule has 0 saturated heterocycles. The van der Waals surface area contributed by atoms with E-state index in [1.807, 2.05) is 0 Å². The molecule has 4 rings (SSSR count). The van der Waals surface area contributed by atoms with E-state index in [1.54, 1.807) is 59.6 Å². The first-order valence-corrected chi connectivity index (χ1v) is 13.3. The van der Waals surface area contributed by atoms with Crippen molar-refractivity contribution in [2.24, 2.45) is 0 Å². The highest BCUT2D eigenvalue weighted by Crippen LogP contribution is 2.38. The summed E-state index contributed by atoms with van der Waals surface area (Å²) in [6.45, 7) is -1.02. The highest BCUT2D eigenvalue weighted by Gasteiger charge is 2.32. The van der Waals surface area contributed by atoms with Crippen LogP contribution >= 0.6 is 0 Å². The number of carboxylic acid groups (broad SMARTS) is 2. The number of rotatable bonds is 14. The molecule has 2 heterocycles. The van der Waals surface area contributed by atoms with Crippen molar-refractivity contribution in [1.29, 1.82) is 0 Å². The Morgan fingerprint density at radius 1 is 0.721 bits per heavy atom. The van der Waals surface area contributed by atoms with Gasteiger partial charge in [-0.3, -0.25) is 29.4 Å². The number of hydrogen-bond acceptors (Lipinski definition) is 10. The second-order valence-corrected chi connectivity index (χ2v) is 9.71. The average molecular weight is 589 g/mol. The third kappa shape index (κ3) is 7.76. The van der Waals surface area contributed by atoms with Gasteiger partial charge in [-0.1, -0.05) is 12.1 Å². The van der Waals surface area contributed by atoms with Gasteiger partial charge in [0.15, 0.2) is 0 Å². The van der Waals surface area contributed by atoms with Gasteiger partial charge in [-0.2, -0.15) is 0 Å². The monoisotopic (exact) mass is 588 g/mol. The smallest absolute Gasteiger partial charge is 0.317 e. The second kappa shape index (κ2) is 14.1. The third-order valence-corrected chi connectivity index (χ3v) is 6.85. The summed E-state index contributed by atoms with van der Waals surface area (Å²) in [5, 5.41) is 51.7. The van der Waals surface area contributed by atoms with Crippen molar-refractivity contribution in [3.05, 3.63) is 108 Å². The lowest BCUT2D eigenvalue weighted by molar-refractivity contribution is -0.140. The lowest BCUT2D eigenvalue weighted by Crippen LogP contribution is -2.43. The van der Waals surface area contributed by atoms with Crippen molar-refractivity contribution in [3.63, 3.8) is 0 Å². The topological polar surface area (TPSA) is 177 Å². The Morgan fingerprint density at radius 3 is 1.65 bits per heavy atom. The van der Waals surface area contributed by atoms with Crippen molar-refractivity contribution in [3.8, 4) is 23.0 Å². The maximum absolute atomic E-state index is 12.1. The summed E-state index contributed by atoms with van der Waals surface area (Å²) < 4.78 is 5.36. The minimum Gasteiger partial charge on any atom is -0.508 e. The van der Waals surface area contributed by atoms with Crippen molar-refractivity contribution in [1.82, 2.24) is 19.8 Å². The van der Waals surface area contributed by atoms with Gasteiger partial charge in [0.1, 0.15) is 23.0 Å². The molecule has 0 radical (unpaired) electrons. The number of aliphatic carboxylic acids is 2. The predicted octanol–water partition coefficient (Wildman–Crippen LogP) is 3.25. The van der Waals surface area contributed by atoms with E-state index in [4.69, 9.17) is 4.74 Å². The standard InChI is InChI=1S/C31H32N4O8/c1-43-21-9-11-27(38)23(17-21)31(25-7-3-5-13-33-25)35(19-29(41)42)15-14-34(18-28(39)40)30(24-6-2-4-12-32-24)22-16-20(36)8-10-26(22)37/h2-13,16-17,30-31,36-38H,14-15,18-19H2,1H3,(H,39,40)(H,41,42)/t30?,31-/m0/s1. The van der Waals surface area contributed by atoms with E-state index < -0.39 is 37.1 Å². The molecule has 2 aromatic heterocycles. The van der Waals surface area contributed by atoms with Crippen LogP contribution in [0.1, 0.15) is 34.6 Å². The van der Waals surface area contributed by atoms with Crippen LogP contribution in [0.4, 0.5) is 0 Å². The molecule has 0 spiro atoms. The lowest BCUT2D eigenvalue weighted by Gasteiger charge is -2.35. The van der Waals surface area contributed by atoms with E-state index in [2.05, 4.69) is 9.97 Å². The van der Waals surface area contributed by atoms with Gasteiger partial charge in [0, 0.05) is 36.6 Å². The Morgan fingerprint density at radius 2 is 1.21 bits per heavy atom. The van der Waals surface area contributed by atoms with Crippen LogP contribution < -0.4 is 4.74 Å². The normalized spacial score (nSPS) is 12.6. The number of phenolic OH excluding ortho intramolecular Hbond substituents is 3. The number of methoxy groups -OCH3 is 1. The summed E-state index contributed by atoms with van der Waals surface area (Å²) in [6.07, 6.45) is 3.08. The molecule has 0 aliphatic carbocycles. The van der Waals surface area contributed by atoms with Crippen molar-refractivity contribution in [2.75, 3.05) is 33.3 Å². The SMILES string of the molecule is COc1ccc(O)c([C@@H](c2ccccn2)N(CCN(CC(=O)O)C(c2ccccn2)c2cc(O)ccc2O)CC(=O)O)c1. The fourth-order valence-corrected chi connectivity index (χ4v) is 5.00. The van der Waals surface area contributed by atoms with Crippen LogP contribution in [0.25, 0.3) is 0 Å². The van der Waals surface area contributed by atoms with Crippen LogP contribution in [0.2, 0.25) is 0 Å². The molecule has 5 N–H and O–H groups in total. The summed E-state index contributed by atoms with van der Waals surface area (Å²) in [6, 6.07) is 17.0. The van der Waals surface area contributed by atoms with Crippen molar-refractivity contribution < 1.29 is 39.9 Å². The van der Waals surface area contributed by atoms with Crippen LogP contribution in [0.15, 0.2) is 85.2 Å². The van der Waals surface area contributed by atoms with Crippen LogP contribution in [-0.4, -0.2) is 90.5 Å².